The van der Waals surface area contributed by atoms with Gasteiger partial charge in [-0.2, -0.15) is 0 Å². The van der Waals surface area contributed by atoms with Gasteiger partial charge in [-0.25, -0.2) is 0 Å². The molecule has 0 bridgehead atoms. The first-order chi connectivity index (χ1) is 19.8. The van der Waals surface area contributed by atoms with Crippen molar-refractivity contribution in [2.75, 3.05) is 22.9 Å². The summed E-state index contributed by atoms with van der Waals surface area (Å²) in [6, 6.07) is 22.0. The molecule has 1 N–H and O–H groups in total. The number of pyridine rings is 1. The van der Waals surface area contributed by atoms with Gasteiger partial charge in [-0.05, 0) is 79.0 Å². The highest BCUT2D eigenvalue weighted by molar-refractivity contribution is 7.80. The Morgan fingerprint density at radius 1 is 1.00 bits per heavy atom. The maximum Gasteiger partial charge on any atom is 0.271 e. The topological polar surface area (TPSA) is 79.5 Å². The summed E-state index contributed by atoms with van der Waals surface area (Å²) < 4.78 is 1.97. The number of halogens is 1. The fraction of sp³-hybridized carbons (Fsp3) is 0.290. The average molecular weight is 587 g/mol. The Morgan fingerprint density at radius 3 is 2.51 bits per heavy atom. The highest BCUT2D eigenvalue weighted by Gasteiger charge is 2.42. The van der Waals surface area contributed by atoms with Crippen LogP contribution < -0.4 is 15.1 Å². The van der Waals surface area contributed by atoms with Gasteiger partial charge in [-0.1, -0.05) is 37.6 Å². The summed E-state index contributed by atoms with van der Waals surface area (Å²) in [5.74, 6) is 1.21. The summed E-state index contributed by atoms with van der Waals surface area (Å²) >= 11 is 12.9. The van der Waals surface area contributed by atoms with Gasteiger partial charge in [0.2, 0.25) is 0 Å². The molecule has 2 fully saturated rings. The lowest BCUT2D eigenvalue weighted by Crippen LogP contribution is -2.38. The van der Waals surface area contributed by atoms with Crippen molar-refractivity contribution in [1.82, 2.24) is 14.9 Å². The zero-order valence-electron chi connectivity index (χ0n) is 22.9. The van der Waals surface area contributed by atoms with Gasteiger partial charge < -0.3 is 19.7 Å². The van der Waals surface area contributed by atoms with E-state index >= 15 is 0 Å². The van der Waals surface area contributed by atoms with E-state index < -0.39 is 0 Å². The third-order valence-electron chi connectivity index (χ3n) is 7.92. The number of nitro groups is 1. The Morgan fingerprint density at radius 2 is 1.80 bits per heavy atom. The minimum absolute atomic E-state index is 0.0315. The molecule has 0 amide bonds. The molecule has 210 valence electrons. The molecule has 0 unspecified atom stereocenters. The lowest BCUT2D eigenvalue weighted by Gasteiger charge is -2.37. The number of nitrogens with one attached hydrogen (secondary N) is 1. The summed E-state index contributed by atoms with van der Waals surface area (Å²) in [6.45, 7) is 6.54. The Balaban J connectivity index is 1.43. The molecule has 0 saturated carbocycles. The number of piperidine rings is 1. The number of non-ortho nitro benzene ring substituents is 1. The first kappa shape index (κ1) is 27.2. The van der Waals surface area contributed by atoms with Gasteiger partial charge in [0.15, 0.2) is 5.11 Å². The molecule has 0 aliphatic carbocycles. The van der Waals surface area contributed by atoms with E-state index in [1.165, 1.54) is 12.5 Å². The number of thiocarbonyl (C=S) groups is 1. The van der Waals surface area contributed by atoms with Crippen LogP contribution in [-0.2, 0) is 0 Å². The van der Waals surface area contributed by atoms with Gasteiger partial charge in [-0.3, -0.25) is 15.1 Å². The van der Waals surface area contributed by atoms with E-state index in [1.807, 2.05) is 53.2 Å². The number of nitro benzene ring substituents is 1. The Hall–Kier alpha value is -3.95. The van der Waals surface area contributed by atoms with E-state index in [9.17, 15) is 10.1 Å². The summed E-state index contributed by atoms with van der Waals surface area (Å²) in [4.78, 5) is 20.3. The van der Waals surface area contributed by atoms with E-state index in [-0.39, 0.29) is 22.7 Å². The summed E-state index contributed by atoms with van der Waals surface area (Å²) in [6.07, 6.45) is 4.91. The van der Waals surface area contributed by atoms with Gasteiger partial charge in [-0.15, -0.1) is 0 Å². The van der Waals surface area contributed by atoms with Crippen LogP contribution in [0.1, 0.15) is 43.7 Å². The third kappa shape index (κ3) is 5.27. The molecule has 41 heavy (non-hydrogen) atoms. The molecule has 0 radical (unpaired) electrons. The summed E-state index contributed by atoms with van der Waals surface area (Å²) in [5.41, 5.74) is 4.37. The predicted octanol–water partition coefficient (Wildman–Crippen LogP) is 7.09. The number of anilines is 2. The SMILES string of the molecule is C[C@H]1C[C@H](C)CN(c2ccc(N3C(=S)N[C@@H](c4ccccn4)[C@@H]3c3cccn3-c3cccc([N+](=O)[O-])c3)cc2Cl)C1. The average Bonchev–Trinajstić information content (AvgIpc) is 3.57. The van der Waals surface area contributed by atoms with E-state index in [0.717, 1.165) is 35.9 Å². The summed E-state index contributed by atoms with van der Waals surface area (Å²) in [5, 5.41) is 16.3. The lowest BCUT2D eigenvalue weighted by molar-refractivity contribution is -0.384. The van der Waals surface area contributed by atoms with Crippen LogP contribution in [-0.4, -0.2) is 32.7 Å². The van der Waals surface area contributed by atoms with Crippen LogP contribution in [0.3, 0.4) is 0 Å². The largest absolute Gasteiger partial charge is 0.370 e. The molecule has 2 saturated heterocycles. The second kappa shape index (κ2) is 11.1. The molecule has 0 spiro atoms. The molecule has 8 nitrogen and oxygen atoms in total. The zero-order valence-corrected chi connectivity index (χ0v) is 24.4. The molecule has 4 aromatic rings. The quantitative estimate of drug-likeness (QED) is 0.147. The van der Waals surface area contributed by atoms with E-state index in [0.29, 0.717) is 27.7 Å². The van der Waals surface area contributed by atoms with E-state index in [4.69, 9.17) is 23.8 Å². The molecule has 4 atom stereocenters. The van der Waals surface area contributed by atoms with Crippen molar-refractivity contribution in [3.63, 3.8) is 0 Å². The second-order valence-electron chi connectivity index (χ2n) is 11.1. The fourth-order valence-corrected chi connectivity index (χ4v) is 6.96. The number of nitrogens with zero attached hydrogens (tertiary/aromatic N) is 5. The molecule has 6 rings (SSSR count). The van der Waals surface area contributed by atoms with Gasteiger partial charge >= 0.3 is 0 Å². The van der Waals surface area contributed by atoms with Crippen molar-refractivity contribution in [2.45, 2.75) is 32.4 Å². The standard InChI is InChI=1S/C31H31ClN6O2S/c1-20-15-21(2)19-35(18-20)27-12-11-23(17-25(27)32)37-30(29(34-31(37)41)26-9-3-4-13-33-26)28-10-6-14-36(28)22-7-5-8-24(16-22)38(39)40/h3-14,16-17,20-21,29-30H,15,18-19H2,1-2H3,(H,34,41)/t20-,21-,29-,30-/m0/s1. The molecule has 4 heterocycles. The smallest absolute Gasteiger partial charge is 0.271 e. The van der Waals surface area contributed by atoms with Crippen LogP contribution in [0.2, 0.25) is 5.02 Å². The van der Waals surface area contributed by atoms with Crippen molar-refractivity contribution in [3.05, 3.63) is 112 Å². The van der Waals surface area contributed by atoms with E-state index in [1.54, 1.807) is 18.3 Å². The van der Waals surface area contributed by atoms with Crippen molar-refractivity contribution < 1.29 is 4.92 Å². The van der Waals surface area contributed by atoms with E-state index in [2.05, 4.69) is 46.1 Å². The van der Waals surface area contributed by atoms with Crippen molar-refractivity contribution in [3.8, 4) is 5.69 Å². The van der Waals surface area contributed by atoms with Gasteiger partial charge in [0.25, 0.3) is 5.69 Å². The Labute approximate surface area is 249 Å². The van der Waals surface area contributed by atoms with Crippen LogP contribution in [0.4, 0.5) is 17.1 Å². The first-order valence-electron chi connectivity index (χ1n) is 13.8. The van der Waals surface area contributed by atoms with Crippen LogP contribution >= 0.6 is 23.8 Å². The monoisotopic (exact) mass is 586 g/mol. The number of hydrogen-bond acceptors (Lipinski definition) is 5. The summed E-state index contributed by atoms with van der Waals surface area (Å²) in [7, 11) is 0. The first-order valence-corrected chi connectivity index (χ1v) is 14.6. The minimum Gasteiger partial charge on any atom is -0.370 e. The zero-order chi connectivity index (χ0) is 28.7. The number of hydrogen-bond donors (Lipinski definition) is 1. The normalized spacial score (nSPS) is 22.6. The minimum atomic E-state index is -0.380. The maximum absolute atomic E-state index is 11.5. The Kier molecular flexibility index (Phi) is 7.40. The third-order valence-corrected chi connectivity index (χ3v) is 8.54. The van der Waals surface area contributed by atoms with Crippen molar-refractivity contribution in [2.24, 2.45) is 11.8 Å². The Bertz CT molecular complexity index is 1580. The number of rotatable bonds is 6. The molecule has 2 aromatic heterocycles. The molecule has 2 aromatic carbocycles. The highest BCUT2D eigenvalue weighted by atomic mass is 35.5. The molecular weight excluding hydrogens is 556 g/mol. The van der Waals surface area contributed by atoms with Crippen molar-refractivity contribution in [1.29, 1.82) is 0 Å². The predicted molar refractivity (Wildman–Crippen MR) is 167 cm³/mol. The van der Waals surface area contributed by atoms with Crippen LogP contribution in [0.25, 0.3) is 5.69 Å². The van der Waals surface area contributed by atoms with Gasteiger partial charge in [0, 0.05) is 49.0 Å². The van der Waals surface area contributed by atoms with Gasteiger partial charge in [0.05, 0.1) is 33.1 Å². The van der Waals surface area contributed by atoms with Crippen molar-refractivity contribution >= 4 is 46.0 Å². The number of aromatic nitrogens is 2. The van der Waals surface area contributed by atoms with Crippen LogP contribution in [0, 0.1) is 22.0 Å². The lowest BCUT2D eigenvalue weighted by atomic mass is 9.91. The second-order valence-corrected chi connectivity index (χ2v) is 11.9. The number of benzene rings is 2. The molecule has 10 heteroatoms. The van der Waals surface area contributed by atoms with Crippen LogP contribution in [0.15, 0.2) is 85.2 Å². The molecular formula is C31H31ClN6O2S. The maximum atomic E-state index is 11.5. The van der Waals surface area contributed by atoms with Gasteiger partial charge in [0.1, 0.15) is 6.04 Å². The van der Waals surface area contributed by atoms with Crippen LogP contribution in [0.5, 0.6) is 0 Å². The molecule has 2 aliphatic rings. The molecule has 2 aliphatic heterocycles. The fourth-order valence-electron chi connectivity index (χ4n) is 6.32. The highest BCUT2D eigenvalue weighted by Crippen LogP contribution is 2.44.